The molecular weight excluding hydrogens is 384 g/mol. The predicted octanol–water partition coefficient (Wildman–Crippen LogP) is 2.81. The van der Waals surface area contributed by atoms with E-state index in [-0.39, 0.29) is 28.6 Å². The van der Waals surface area contributed by atoms with Crippen LogP contribution >= 0.6 is 0 Å². The summed E-state index contributed by atoms with van der Waals surface area (Å²) >= 11 is 0. The molecule has 3 aromatic rings. The first-order valence-corrected chi connectivity index (χ1v) is 9.94. The minimum absolute atomic E-state index is 0.0331. The van der Waals surface area contributed by atoms with Crippen molar-refractivity contribution in [3.63, 3.8) is 0 Å². The summed E-state index contributed by atoms with van der Waals surface area (Å²) in [5, 5.41) is 3.54. The second kappa shape index (κ2) is 8.52. The molecule has 3 rings (SSSR count). The highest BCUT2D eigenvalue weighted by Crippen LogP contribution is 2.19. The quantitative estimate of drug-likeness (QED) is 0.674. The lowest BCUT2D eigenvalue weighted by atomic mass is 10.1. The molecule has 1 atom stereocenters. The standard InChI is InChI=1S/C22H26N4O4/c1-6-26(7-2)22(29)18-14(4)30-20(24-18)13(3)23-19(27)16-12-15-10-8-9-11-17(15)25(5)21(16)28/h8-13H,6-7H2,1-5H3,(H,23,27)/t13-/m1/s1. The number of fused-ring (bicyclic) bond motifs is 1. The van der Waals surface area contributed by atoms with E-state index in [1.165, 1.54) is 4.57 Å². The van der Waals surface area contributed by atoms with Gasteiger partial charge in [-0.15, -0.1) is 0 Å². The number of oxazole rings is 1. The zero-order valence-corrected chi connectivity index (χ0v) is 17.9. The van der Waals surface area contributed by atoms with Crippen LogP contribution in [0.2, 0.25) is 0 Å². The number of pyridine rings is 1. The summed E-state index contributed by atoms with van der Waals surface area (Å²) in [4.78, 5) is 44.0. The van der Waals surface area contributed by atoms with Crippen molar-refractivity contribution in [3.05, 3.63) is 63.6 Å². The second-order valence-electron chi connectivity index (χ2n) is 7.11. The Morgan fingerprint density at radius 1 is 1.23 bits per heavy atom. The van der Waals surface area contributed by atoms with Gasteiger partial charge in [-0.1, -0.05) is 18.2 Å². The van der Waals surface area contributed by atoms with Crippen LogP contribution in [-0.4, -0.2) is 39.4 Å². The molecule has 0 radical (unpaired) electrons. The number of carbonyl (C=O) groups excluding carboxylic acids is 2. The molecule has 0 bridgehead atoms. The van der Waals surface area contributed by atoms with Gasteiger partial charge in [-0.05, 0) is 45.2 Å². The molecule has 0 saturated carbocycles. The number of nitrogens with zero attached hydrogens (tertiary/aromatic N) is 3. The van der Waals surface area contributed by atoms with Gasteiger partial charge in [0.05, 0.1) is 5.52 Å². The second-order valence-corrected chi connectivity index (χ2v) is 7.11. The highest BCUT2D eigenvalue weighted by atomic mass is 16.4. The maximum Gasteiger partial charge on any atom is 0.276 e. The average molecular weight is 410 g/mol. The molecule has 8 heteroatoms. The molecule has 1 aromatic carbocycles. The van der Waals surface area contributed by atoms with Gasteiger partial charge in [0.2, 0.25) is 5.89 Å². The molecule has 30 heavy (non-hydrogen) atoms. The number of nitrogens with one attached hydrogen (secondary N) is 1. The first kappa shape index (κ1) is 21.3. The summed E-state index contributed by atoms with van der Waals surface area (Å²) in [5.41, 5.74) is 0.622. The van der Waals surface area contributed by atoms with Crippen molar-refractivity contribution >= 4 is 22.7 Å². The fraction of sp³-hybridized carbons (Fsp3) is 0.364. The maximum absolute atomic E-state index is 12.8. The summed E-state index contributed by atoms with van der Waals surface area (Å²) in [6.45, 7) is 8.28. The minimum Gasteiger partial charge on any atom is -0.443 e. The molecule has 0 saturated heterocycles. The molecule has 2 heterocycles. The highest BCUT2D eigenvalue weighted by molar-refractivity contribution is 5.97. The van der Waals surface area contributed by atoms with Gasteiger partial charge < -0.3 is 19.2 Å². The van der Waals surface area contributed by atoms with Gasteiger partial charge in [0, 0.05) is 20.1 Å². The molecule has 8 nitrogen and oxygen atoms in total. The molecule has 0 unspecified atom stereocenters. The lowest BCUT2D eigenvalue weighted by Crippen LogP contribution is -2.34. The van der Waals surface area contributed by atoms with Crippen molar-refractivity contribution in [2.75, 3.05) is 13.1 Å². The van der Waals surface area contributed by atoms with Crippen LogP contribution < -0.4 is 10.9 Å². The van der Waals surface area contributed by atoms with Crippen LogP contribution in [0.25, 0.3) is 10.9 Å². The third-order valence-corrected chi connectivity index (χ3v) is 5.16. The van der Waals surface area contributed by atoms with Crippen LogP contribution in [0.5, 0.6) is 0 Å². The molecule has 2 aromatic heterocycles. The number of carbonyl (C=O) groups is 2. The van der Waals surface area contributed by atoms with E-state index in [4.69, 9.17) is 4.42 Å². The smallest absolute Gasteiger partial charge is 0.276 e. The van der Waals surface area contributed by atoms with Gasteiger partial charge in [0.25, 0.3) is 17.4 Å². The Morgan fingerprint density at radius 2 is 1.90 bits per heavy atom. The lowest BCUT2D eigenvalue weighted by Gasteiger charge is -2.17. The molecule has 1 N–H and O–H groups in total. The molecule has 0 aliphatic rings. The monoisotopic (exact) mass is 410 g/mol. The van der Waals surface area contributed by atoms with Crippen LogP contribution in [0, 0.1) is 6.92 Å². The van der Waals surface area contributed by atoms with Gasteiger partial charge in [0.15, 0.2) is 5.69 Å². The fourth-order valence-corrected chi connectivity index (χ4v) is 3.38. The molecule has 0 aliphatic heterocycles. The molecule has 158 valence electrons. The van der Waals surface area contributed by atoms with E-state index >= 15 is 0 Å². The van der Waals surface area contributed by atoms with Crippen LogP contribution in [0.4, 0.5) is 0 Å². The van der Waals surface area contributed by atoms with Gasteiger partial charge >= 0.3 is 0 Å². The average Bonchev–Trinajstić information content (AvgIpc) is 3.13. The number of amides is 2. The first-order chi connectivity index (χ1) is 14.3. The van der Waals surface area contributed by atoms with E-state index in [0.717, 1.165) is 10.9 Å². The first-order valence-electron chi connectivity index (χ1n) is 9.94. The molecule has 2 amide bonds. The van der Waals surface area contributed by atoms with Crippen molar-refractivity contribution in [2.45, 2.75) is 33.7 Å². The summed E-state index contributed by atoms with van der Waals surface area (Å²) in [6, 6.07) is 8.32. The van der Waals surface area contributed by atoms with Crippen molar-refractivity contribution in [1.82, 2.24) is 19.8 Å². The Hall–Kier alpha value is -3.42. The van der Waals surface area contributed by atoms with Gasteiger partial charge in [0.1, 0.15) is 17.4 Å². The van der Waals surface area contributed by atoms with Crippen molar-refractivity contribution in [2.24, 2.45) is 7.05 Å². The van der Waals surface area contributed by atoms with E-state index in [0.29, 0.717) is 18.8 Å². The normalized spacial score (nSPS) is 12.0. The zero-order valence-electron chi connectivity index (χ0n) is 17.9. The number of aromatic nitrogens is 2. The number of rotatable bonds is 6. The summed E-state index contributed by atoms with van der Waals surface area (Å²) in [6.07, 6.45) is 0. The van der Waals surface area contributed by atoms with E-state index in [1.807, 2.05) is 38.1 Å². The SMILES string of the molecule is CCN(CC)C(=O)c1nc([C@@H](C)NC(=O)c2cc3ccccc3n(C)c2=O)oc1C. The zero-order chi connectivity index (χ0) is 22.0. The van der Waals surface area contributed by atoms with Crippen LogP contribution in [0.1, 0.15) is 59.3 Å². The Balaban J connectivity index is 1.86. The van der Waals surface area contributed by atoms with E-state index in [9.17, 15) is 14.4 Å². The summed E-state index contributed by atoms with van der Waals surface area (Å²) in [5.74, 6) is -0.130. The lowest BCUT2D eigenvalue weighted by molar-refractivity contribution is 0.0766. The molecule has 0 fully saturated rings. The third kappa shape index (κ3) is 3.85. The Morgan fingerprint density at radius 3 is 2.57 bits per heavy atom. The number of aryl methyl sites for hydroxylation is 2. The van der Waals surface area contributed by atoms with Crippen molar-refractivity contribution in [3.8, 4) is 0 Å². The predicted molar refractivity (Wildman–Crippen MR) is 114 cm³/mol. The van der Waals surface area contributed by atoms with Crippen LogP contribution in [0.15, 0.2) is 39.5 Å². The molecular formula is C22H26N4O4. The maximum atomic E-state index is 12.8. The number of benzene rings is 1. The van der Waals surface area contributed by atoms with Gasteiger partial charge in [-0.2, -0.15) is 0 Å². The Labute approximate surface area is 174 Å². The Kier molecular flexibility index (Phi) is 6.05. The summed E-state index contributed by atoms with van der Waals surface area (Å²) in [7, 11) is 1.63. The van der Waals surface area contributed by atoms with Gasteiger partial charge in [-0.25, -0.2) is 4.98 Å². The molecule has 0 aliphatic carbocycles. The van der Waals surface area contributed by atoms with E-state index in [2.05, 4.69) is 10.3 Å². The Bertz CT molecular complexity index is 1160. The van der Waals surface area contributed by atoms with E-state index in [1.54, 1.807) is 31.9 Å². The summed E-state index contributed by atoms with van der Waals surface area (Å²) < 4.78 is 7.09. The number of hydrogen-bond acceptors (Lipinski definition) is 5. The topological polar surface area (TPSA) is 97.4 Å². The van der Waals surface area contributed by atoms with Crippen LogP contribution in [0.3, 0.4) is 0 Å². The van der Waals surface area contributed by atoms with Crippen molar-refractivity contribution < 1.29 is 14.0 Å². The third-order valence-electron chi connectivity index (χ3n) is 5.16. The number of para-hydroxylation sites is 1. The van der Waals surface area contributed by atoms with Crippen molar-refractivity contribution in [1.29, 1.82) is 0 Å². The fourth-order valence-electron chi connectivity index (χ4n) is 3.38. The minimum atomic E-state index is -0.620. The molecule has 0 spiro atoms. The largest absolute Gasteiger partial charge is 0.443 e. The highest BCUT2D eigenvalue weighted by Gasteiger charge is 2.25. The van der Waals surface area contributed by atoms with Crippen LogP contribution in [-0.2, 0) is 7.05 Å². The number of hydrogen-bond donors (Lipinski definition) is 1. The van der Waals surface area contributed by atoms with E-state index < -0.39 is 11.9 Å². The van der Waals surface area contributed by atoms with Gasteiger partial charge in [-0.3, -0.25) is 14.4 Å².